The van der Waals surface area contributed by atoms with Gasteiger partial charge in [-0.1, -0.05) is 6.92 Å². The third kappa shape index (κ3) is 9.22. The maximum Gasteiger partial charge on any atom is 0.191 e. The van der Waals surface area contributed by atoms with Crippen molar-refractivity contribution in [1.29, 1.82) is 0 Å². The Morgan fingerprint density at radius 2 is 2.14 bits per heavy atom. The number of aryl methyl sites for hydroxylation is 1. The Balaban J connectivity index is 0.00000400. The van der Waals surface area contributed by atoms with Crippen LogP contribution in [0.5, 0.6) is 0 Å². The maximum atomic E-state index is 5.37. The molecule has 2 N–H and O–H groups in total. The van der Waals surface area contributed by atoms with Crippen LogP contribution in [0.3, 0.4) is 0 Å². The summed E-state index contributed by atoms with van der Waals surface area (Å²) in [6.45, 7) is 5.40. The quantitative estimate of drug-likeness (QED) is 0.271. The predicted molar refractivity (Wildman–Crippen MR) is 97.8 cm³/mol. The molecule has 0 bridgehead atoms. The highest BCUT2D eigenvalue weighted by molar-refractivity contribution is 14.0. The van der Waals surface area contributed by atoms with Crippen LogP contribution in [0.25, 0.3) is 0 Å². The van der Waals surface area contributed by atoms with Crippen molar-refractivity contribution in [1.82, 2.24) is 15.6 Å². The Labute approximate surface area is 147 Å². The van der Waals surface area contributed by atoms with Crippen molar-refractivity contribution < 1.29 is 9.47 Å². The average Bonchev–Trinajstić information content (AvgIpc) is 2.94. The second kappa shape index (κ2) is 13.2. The van der Waals surface area contributed by atoms with Gasteiger partial charge in [0, 0.05) is 31.8 Å². The Morgan fingerprint density at radius 3 is 2.76 bits per heavy atom. The minimum absolute atomic E-state index is 0. The largest absolute Gasteiger partial charge is 0.382 e. The van der Waals surface area contributed by atoms with Crippen LogP contribution in [0, 0.1) is 0 Å². The number of rotatable bonds is 9. The molecule has 6 nitrogen and oxygen atoms in total. The lowest BCUT2D eigenvalue weighted by Gasteiger charge is -2.11. The van der Waals surface area contributed by atoms with E-state index in [1.54, 1.807) is 25.5 Å². The van der Waals surface area contributed by atoms with E-state index >= 15 is 0 Å². The van der Waals surface area contributed by atoms with Crippen molar-refractivity contribution in [2.24, 2.45) is 4.99 Å². The molecular weight excluding hydrogens is 403 g/mol. The molecule has 0 aliphatic rings. The fraction of sp³-hybridized carbons (Fsp3) is 0.692. The molecule has 21 heavy (non-hydrogen) atoms. The lowest BCUT2D eigenvalue weighted by molar-refractivity contribution is 0.0733. The molecule has 1 rings (SSSR count). The first kappa shape index (κ1) is 20.6. The molecule has 0 aliphatic carbocycles. The van der Waals surface area contributed by atoms with E-state index in [2.05, 4.69) is 27.5 Å². The SMILES string of the molecule is CCc1cnc(CNC(=NC)NCCOCCOC)s1.I. The van der Waals surface area contributed by atoms with E-state index in [1.807, 2.05) is 6.20 Å². The van der Waals surface area contributed by atoms with Crippen LogP contribution >= 0.6 is 35.3 Å². The number of methoxy groups -OCH3 is 1. The van der Waals surface area contributed by atoms with Gasteiger partial charge >= 0.3 is 0 Å². The normalized spacial score (nSPS) is 11.1. The van der Waals surface area contributed by atoms with E-state index in [4.69, 9.17) is 9.47 Å². The summed E-state index contributed by atoms with van der Waals surface area (Å²) >= 11 is 1.73. The topological polar surface area (TPSA) is 67.8 Å². The number of hydrogen-bond acceptors (Lipinski definition) is 5. The van der Waals surface area contributed by atoms with Gasteiger partial charge in [-0.05, 0) is 6.42 Å². The summed E-state index contributed by atoms with van der Waals surface area (Å²) < 4.78 is 10.3. The van der Waals surface area contributed by atoms with Gasteiger partial charge in [-0.25, -0.2) is 4.98 Å². The van der Waals surface area contributed by atoms with Crippen LogP contribution in [0.1, 0.15) is 16.8 Å². The van der Waals surface area contributed by atoms with Crippen molar-refractivity contribution >= 4 is 41.3 Å². The van der Waals surface area contributed by atoms with Crippen molar-refractivity contribution in [2.45, 2.75) is 19.9 Å². The number of aliphatic imine (C=N–C) groups is 1. The van der Waals surface area contributed by atoms with Crippen LogP contribution in [-0.2, 0) is 22.4 Å². The second-order valence-corrected chi connectivity index (χ2v) is 5.23. The zero-order valence-corrected chi connectivity index (χ0v) is 16.0. The monoisotopic (exact) mass is 428 g/mol. The van der Waals surface area contributed by atoms with E-state index in [9.17, 15) is 0 Å². The molecule has 0 fully saturated rings. The number of hydrogen-bond donors (Lipinski definition) is 2. The van der Waals surface area contributed by atoms with Gasteiger partial charge in [-0.15, -0.1) is 35.3 Å². The number of thiazole rings is 1. The van der Waals surface area contributed by atoms with Gasteiger partial charge < -0.3 is 20.1 Å². The summed E-state index contributed by atoms with van der Waals surface area (Å²) in [5, 5.41) is 7.49. The molecule has 0 unspecified atom stereocenters. The summed E-state index contributed by atoms with van der Waals surface area (Å²) in [5.41, 5.74) is 0. The Morgan fingerprint density at radius 1 is 1.33 bits per heavy atom. The van der Waals surface area contributed by atoms with Gasteiger partial charge in [-0.2, -0.15) is 0 Å². The molecule has 122 valence electrons. The molecule has 0 saturated carbocycles. The van der Waals surface area contributed by atoms with Crippen LogP contribution in [0.4, 0.5) is 0 Å². The summed E-state index contributed by atoms with van der Waals surface area (Å²) in [4.78, 5) is 9.82. The zero-order valence-electron chi connectivity index (χ0n) is 12.8. The van der Waals surface area contributed by atoms with Gasteiger partial charge in [0.2, 0.25) is 0 Å². The first-order valence-corrected chi connectivity index (χ1v) is 7.56. The van der Waals surface area contributed by atoms with Crippen molar-refractivity contribution in [2.75, 3.05) is 40.5 Å². The molecule has 8 heteroatoms. The summed E-state index contributed by atoms with van der Waals surface area (Å²) in [7, 11) is 3.41. The summed E-state index contributed by atoms with van der Waals surface area (Å²) in [6.07, 6.45) is 2.96. The van der Waals surface area contributed by atoms with E-state index in [1.165, 1.54) is 4.88 Å². The molecule has 0 spiro atoms. The highest BCUT2D eigenvalue weighted by Crippen LogP contribution is 2.12. The fourth-order valence-corrected chi connectivity index (χ4v) is 2.26. The lowest BCUT2D eigenvalue weighted by Crippen LogP contribution is -2.38. The molecule has 0 atom stereocenters. The number of ether oxygens (including phenoxy) is 2. The predicted octanol–water partition coefficient (Wildman–Crippen LogP) is 1.65. The number of nitrogens with one attached hydrogen (secondary N) is 2. The molecule has 0 aliphatic heterocycles. The average molecular weight is 428 g/mol. The van der Waals surface area contributed by atoms with Gasteiger partial charge in [0.25, 0.3) is 0 Å². The Bertz CT molecular complexity index is 401. The molecule has 0 saturated heterocycles. The minimum atomic E-state index is 0. The van der Waals surface area contributed by atoms with Crippen LogP contribution in [-0.4, -0.2) is 51.5 Å². The first-order chi connectivity index (χ1) is 9.80. The van der Waals surface area contributed by atoms with Crippen LogP contribution in [0.2, 0.25) is 0 Å². The van der Waals surface area contributed by atoms with Crippen molar-refractivity contribution in [3.05, 3.63) is 16.1 Å². The summed E-state index contributed by atoms with van der Waals surface area (Å²) in [6, 6.07) is 0. The molecule has 0 radical (unpaired) electrons. The second-order valence-electron chi connectivity index (χ2n) is 4.03. The smallest absolute Gasteiger partial charge is 0.191 e. The maximum absolute atomic E-state index is 5.37. The minimum Gasteiger partial charge on any atom is -0.382 e. The standard InChI is InChI=1S/C13H24N4O2S.HI/c1-4-11-9-16-12(20-11)10-17-13(14-2)15-5-6-19-8-7-18-3;/h9H,4-8,10H2,1-3H3,(H2,14,15,17);1H. The fourth-order valence-electron chi connectivity index (χ4n) is 1.46. The van der Waals surface area contributed by atoms with Gasteiger partial charge in [0.05, 0.1) is 26.4 Å². The summed E-state index contributed by atoms with van der Waals surface area (Å²) in [5.74, 6) is 0.758. The third-order valence-corrected chi connectivity index (χ3v) is 3.69. The van der Waals surface area contributed by atoms with E-state index < -0.39 is 0 Å². The molecule has 0 amide bonds. The van der Waals surface area contributed by atoms with E-state index in [0.29, 0.717) is 32.9 Å². The first-order valence-electron chi connectivity index (χ1n) is 6.75. The number of guanidine groups is 1. The van der Waals surface area contributed by atoms with E-state index in [-0.39, 0.29) is 24.0 Å². The molecular formula is C13H25IN4O2S. The van der Waals surface area contributed by atoms with Gasteiger partial charge in [0.1, 0.15) is 5.01 Å². The van der Waals surface area contributed by atoms with E-state index in [0.717, 1.165) is 17.4 Å². The third-order valence-electron chi connectivity index (χ3n) is 2.55. The molecule has 0 aromatic carbocycles. The highest BCUT2D eigenvalue weighted by Gasteiger charge is 2.02. The number of nitrogens with zero attached hydrogens (tertiary/aromatic N) is 2. The molecule has 1 heterocycles. The Hall–Kier alpha value is -0.450. The molecule has 1 aromatic heterocycles. The molecule has 1 aromatic rings. The number of halogens is 1. The zero-order chi connectivity index (χ0) is 14.6. The van der Waals surface area contributed by atoms with Gasteiger partial charge in [-0.3, -0.25) is 4.99 Å². The van der Waals surface area contributed by atoms with Crippen molar-refractivity contribution in [3.63, 3.8) is 0 Å². The van der Waals surface area contributed by atoms with Crippen molar-refractivity contribution in [3.8, 4) is 0 Å². The number of aromatic nitrogens is 1. The Kier molecular flexibility index (Phi) is 12.9. The van der Waals surface area contributed by atoms with Crippen LogP contribution < -0.4 is 10.6 Å². The van der Waals surface area contributed by atoms with Gasteiger partial charge in [0.15, 0.2) is 5.96 Å². The highest BCUT2D eigenvalue weighted by atomic mass is 127. The lowest BCUT2D eigenvalue weighted by atomic mass is 10.4. The van der Waals surface area contributed by atoms with Crippen LogP contribution in [0.15, 0.2) is 11.2 Å².